The van der Waals surface area contributed by atoms with E-state index < -0.39 is 30.2 Å². The molecule has 456 valence electrons. The molecule has 26 heteroatoms. The Morgan fingerprint density at radius 1 is 0.602 bits per heavy atom. The molecular formula is C57H74Cl7N9O8S2. The van der Waals surface area contributed by atoms with Crippen LogP contribution < -0.4 is 16.0 Å². The molecule has 0 unspecified atom stereocenters. The summed E-state index contributed by atoms with van der Waals surface area (Å²) in [7, 11) is 4.90. The van der Waals surface area contributed by atoms with Crippen LogP contribution in [0.4, 0.5) is 0 Å². The largest absolute Gasteiger partial charge is 0.345 e. The van der Waals surface area contributed by atoms with Crippen molar-refractivity contribution in [1.29, 1.82) is 0 Å². The average Bonchev–Trinajstić information content (AvgIpc) is 4.08. The van der Waals surface area contributed by atoms with Crippen LogP contribution >= 0.6 is 80.3 Å². The van der Waals surface area contributed by atoms with Gasteiger partial charge in [-0.3, -0.25) is 29.2 Å². The fourth-order valence-electron chi connectivity index (χ4n) is 9.31. The van der Waals surface area contributed by atoms with E-state index in [4.69, 9.17) is 80.3 Å². The highest BCUT2D eigenvalue weighted by molar-refractivity contribution is 8.13. The minimum atomic E-state index is -3.54. The van der Waals surface area contributed by atoms with Crippen LogP contribution in [0.3, 0.4) is 0 Å². The Bertz CT molecular complexity index is 3220. The van der Waals surface area contributed by atoms with Crippen molar-refractivity contribution >= 4 is 135 Å². The number of benzene rings is 4. The zero-order chi connectivity index (χ0) is 62.0. The monoisotopic (exact) mass is 1320 g/mol. The third kappa shape index (κ3) is 20.5. The van der Waals surface area contributed by atoms with Crippen LogP contribution in [0.2, 0.25) is 20.1 Å². The van der Waals surface area contributed by atoms with Crippen molar-refractivity contribution < 1.29 is 36.0 Å². The Balaban J connectivity index is 0.000000265. The second-order valence-corrected chi connectivity index (χ2v) is 27.7. The zero-order valence-electron chi connectivity index (χ0n) is 48.2. The van der Waals surface area contributed by atoms with E-state index in [1.165, 1.54) is 33.7 Å². The summed E-state index contributed by atoms with van der Waals surface area (Å²) in [4.78, 5) is 63.6. The van der Waals surface area contributed by atoms with Gasteiger partial charge in [0.25, 0.3) is 23.6 Å². The van der Waals surface area contributed by atoms with Gasteiger partial charge in [0.05, 0.1) is 26.9 Å². The van der Waals surface area contributed by atoms with Gasteiger partial charge >= 0.3 is 0 Å². The van der Waals surface area contributed by atoms with E-state index in [2.05, 4.69) is 51.6 Å². The predicted octanol–water partition coefficient (Wildman–Crippen LogP) is 9.86. The lowest BCUT2D eigenvalue weighted by Gasteiger charge is -2.34. The Morgan fingerprint density at radius 2 is 0.988 bits per heavy atom. The summed E-state index contributed by atoms with van der Waals surface area (Å²) in [6, 6.07) is 20.7. The molecule has 2 fully saturated rings. The smallest absolute Gasteiger partial charge is 0.253 e. The van der Waals surface area contributed by atoms with E-state index in [9.17, 15) is 36.0 Å². The number of amides is 4. The van der Waals surface area contributed by atoms with E-state index in [0.717, 1.165) is 40.9 Å². The second-order valence-electron chi connectivity index (χ2n) is 20.3. The van der Waals surface area contributed by atoms with Gasteiger partial charge in [-0.15, -0.1) is 23.2 Å². The van der Waals surface area contributed by atoms with Gasteiger partial charge in [-0.25, -0.2) is 21.1 Å². The van der Waals surface area contributed by atoms with Crippen LogP contribution in [0.15, 0.2) is 82.8 Å². The molecule has 0 aliphatic carbocycles. The molecule has 83 heavy (non-hydrogen) atoms. The number of halogens is 7. The molecule has 4 heterocycles. The standard InChI is InChI=1S/C25H28Cl2N4O4S.C13H13Cl2N3O.C12H16ClNO3S.C6H15N.CH2Cl2/c1-16-14-18(23(32)30(2)3)5-4-17(16)8-13-36(34,35)31-11-9-25(10-12-31)24(33)28-22(29-25)20-7-6-19(26)15-21(20)27;14-8-1-2-9(10(15)7-8)11-17-12(19)13(18-11)3-5-16-6-4-13;1-9-8-11(12(15)14(2)3)5-4-10(9)6-7-18(13,16)17;1-4-7(5-2)6-3;2-1-3/h4-7,14-15H,8-13H2,1-3H3,(H,28,29,33);1-2,7,16H,3-6H2,(H,17,18,19);4-5,8H,6-7H2,1-3H3;4-6H2,1-3H3;1H2. The van der Waals surface area contributed by atoms with Crippen molar-refractivity contribution in [3.63, 3.8) is 0 Å². The van der Waals surface area contributed by atoms with Gasteiger partial charge in [0.2, 0.25) is 19.1 Å². The highest BCUT2D eigenvalue weighted by atomic mass is 35.7. The summed E-state index contributed by atoms with van der Waals surface area (Å²) in [6.45, 7) is 15.9. The van der Waals surface area contributed by atoms with E-state index in [-0.39, 0.29) is 66.4 Å². The van der Waals surface area contributed by atoms with Gasteiger partial charge in [0.15, 0.2) is 0 Å². The number of piperidine rings is 2. The molecule has 4 aliphatic rings. The summed E-state index contributed by atoms with van der Waals surface area (Å²) in [6.07, 6.45) is 2.69. The summed E-state index contributed by atoms with van der Waals surface area (Å²) in [5.74, 6) is 0.324. The van der Waals surface area contributed by atoms with Crippen LogP contribution in [-0.4, -0.2) is 173 Å². The number of hydrogen-bond acceptors (Lipinski definition) is 12. The average molecular weight is 1330 g/mol. The molecule has 2 saturated heterocycles. The number of rotatable bonds is 14. The number of nitrogens with one attached hydrogen (secondary N) is 3. The van der Waals surface area contributed by atoms with Gasteiger partial charge in [-0.05, 0) is 168 Å². The molecule has 4 aromatic carbocycles. The number of carbonyl (C=O) groups is 4. The van der Waals surface area contributed by atoms with E-state index in [1.54, 1.807) is 94.9 Å². The molecule has 0 bridgehead atoms. The first kappa shape index (κ1) is 71.4. The maximum atomic E-state index is 13.1. The number of amidine groups is 2. The molecule has 4 aliphatic heterocycles. The maximum absolute atomic E-state index is 13.1. The van der Waals surface area contributed by atoms with Crippen LogP contribution in [0, 0.1) is 13.8 Å². The van der Waals surface area contributed by atoms with Crippen molar-refractivity contribution in [1.82, 2.24) is 35.0 Å². The number of carbonyl (C=O) groups excluding carboxylic acids is 4. The molecule has 3 N–H and O–H groups in total. The summed E-state index contributed by atoms with van der Waals surface area (Å²) < 4.78 is 49.4. The first-order chi connectivity index (χ1) is 39.0. The van der Waals surface area contributed by atoms with E-state index in [1.807, 2.05) is 19.9 Å². The van der Waals surface area contributed by atoms with Crippen molar-refractivity contribution in [2.75, 3.05) is 90.8 Å². The molecule has 2 spiro atoms. The molecule has 17 nitrogen and oxygen atoms in total. The van der Waals surface area contributed by atoms with Gasteiger partial charge < -0.3 is 30.7 Å². The first-order valence-corrected chi connectivity index (χ1v) is 33.5. The number of nitrogens with zero attached hydrogens (tertiary/aromatic N) is 6. The molecular weight excluding hydrogens is 1250 g/mol. The van der Waals surface area contributed by atoms with E-state index in [0.29, 0.717) is 74.1 Å². The Labute approximate surface area is 524 Å². The highest BCUT2D eigenvalue weighted by Crippen LogP contribution is 2.35. The van der Waals surface area contributed by atoms with Gasteiger partial charge in [-0.2, -0.15) is 0 Å². The Kier molecular flexibility index (Phi) is 28.0. The third-order valence-corrected chi connectivity index (χ3v) is 18.4. The molecule has 4 aromatic rings. The zero-order valence-corrected chi connectivity index (χ0v) is 55.1. The number of hydrogen-bond donors (Lipinski definition) is 3. The molecule has 0 radical (unpaired) electrons. The minimum Gasteiger partial charge on any atom is -0.345 e. The van der Waals surface area contributed by atoms with Gasteiger partial charge in [-0.1, -0.05) is 79.3 Å². The van der Waals surface area contributed by atoms with Crippen molar-refractivity contribution in [2.45, 2.75) is 84.2 Å². The number of alkyl halides is 2. The fourth-order valence-corrected chi connectivity index (χ4v) is 12.5. The summed E-state index contributed by atoms with van der Waals surface area (Å²) in [5, 5.41) is 11.0. The predicted molar refractivity (Wildman–Crippen MR) is 340 cm³/mol. The quantitative estimate of drug-likeness (QED) is 0.0804. The van der Waals surface area contributed by atoms with Crippen molar-refractivity contribution in [3.05, 3.63) is 137 Å². The number of aliphatic imine (C=N–C) groups is 2. The first-order valence-electron chi connectivity index (χ1n) is 26.8. The van der Waals surface area contributed by atoms with Gasteiger partial charge in [0.1, 0.15) is 22.7 Å². The van der Waals surface area contributed by atoms with Crippen LogP contribution in [-0.2, 0) is 41.5 Å². The lowest BCUT2D eigenvalue weighted by Crippen LogP contribution is -2.50. The Morgan fingerprint density at radius 3 is 1.33 bits per heavy atom. The number of sulfonamides is 1. The van der Waals surface area contributed by atoms with Crippen molar-refractivity contribution in [2.24, 2.45) is 9.98 Å². The van der Waals surface area contributed by atoms with E-state index >= 15 is 0 Å². The normalized spacial score (nSPS) is 16.1. The molecule has 0 aromatic heterocycles. The highest BCUT2D eigenvalue weighted by Gasteiger charge is 2.48. The number of aryl methyl sites for hydroxylation is 4. The third-order valence-electron chi connectivity index (χ3n) is 14.3. The molecule has 0 atom stereocenters. The Hall–Kier alpha value is -4.09. The summed E-state index contributed by atoms with van der Waals surface area (Å²) in [5.41, 5.74) is 4.36. The lowest BCUT2D eigenvalue weighted by atomic mass is 9.89. The molecule has 0 saturated carbocycles. The fraction of sp³-hybridized carbons (Fsp3) is 0.474. The van der Waals surface area contributed by atoms with Crippen molar-refractivity contribution in [3.8, 4) is 0 Å². The SMILES string of the molecule is CCN(CC)CC.Cc1cc(C(=O)N(C)C)ccc1CCS(=O)(=O)Cl.Cc1cc(C(=O)N(C)C)ccc1CCS(=O)(=O)N1CCC2(CC1)N=C(c1ccc(Cl)cc1Cl)NC2=O.ClCCl.O=C1NC(c2ccc(Cl)cc2Cl)=NC12CCNCC2. The van der Waals surface area contributed by atoms with Gasteiger partial charge in [0, 0.05) is 84.3 Å². The topological polar surface area (TPSA) is 210 Å². The minimum absolute atomic E-state index is 0.0324. The lowest BCUT2D eigenvalue weighted by molar-refractivity contribution is -0.125. The summed E-state index contributed by atoms with van der Waals surface area (Å²) >= 11 is 33.8. The second kappa shape index (κ2) is 32.6. The maximum Gasteiger partial charge on any atom is 0.253 e. The molecule has 4 amide bonds. The van der Waals surface area contributed by atoms with Crippen LogP contribution in [0.5, 0.6) is 0 Å². The van der Waals surface area contributed by atoms with Crippen LogP contribution in [0.25, 0.3) is 0 Å². The molecule has 8 rings (SSSR count). The van der Waals surface area contributed by atoms with Crippen LogP contribution in [0.1, 0.15) is 101 Å².